The van der Waals surface area contributed by atoms with Gasteiger partial charge in [-0.3, -0.25) is 4.79 Å². The van der Waals surface area contributed by atoms with Gasteiger partial charge < -0.3 is 15.6 Å². The second kappa shape index (κ2) is 4.14. The number of likely N-dealkylation sites (N-methyl/N-ethyl adjacent to an activating group) is 1. The fraction of sp³-hybridized carbons (Fsp3) is 0.667. The maximum absolute atomic E-state index is 11.8. The molecule has 1 aliphatic rings. The number of carbonyl (C=O) groups is 1. The lowest BCUT2D eigenvalue weighted by atomic mass is 9.92. The summed E-state index contributed by atoms with van der Waals surface area (Å²) in [6.07, 6.45) is 3.91. The van der Waals surface area contributed by atoms with Gasteiger partial charge in [-0.2, -0.15) is 0 Å². The molecule has 94 valence electrons. The van der Waals surface area contributed by atoms with Crippen molar-refractivity contribution in [2.24, 2.45) is 11.7 Å². The number of aryl methyl sites for hydroxylation is 1. The maximum atomic E-state index is 11.8. The number of primary amides is 1. The van der Waals surface area contributed by atoms with Gasteiger partial charge in [0.15, 0.2) is 0 Å². The van der Waals surface area contributed by atoms with E-state index in [4.69, 9.17) is 5.73 Å². The van der Waals surface area contributed by atoms with Gasteiger partial charge in [0.2, 0.25) is 5.91 Å². The molecule has 5 nitrogen and oxygen atoms in total. The first-order valence-electron chi connectivity index (χ1n) is 5.98. The molecule has 1 saturated carbocycles. The van der Waals surface area contributed by atoms with E-state index in [1.807, 2.05) is 25.5 Å². The van der Waals surface area contributed by atoms with Gasteiger partial charge in [-0.25, -0.2) is 4.98 Å². The van der Waals surface area contributed by atoms with Crippen molar-refractivity contribution in [2.45, 2.75) is 38.8 Å². The van der Waals surface area contributed by atoms with Gasteiger partial charge in [-0.05, 0) is 39.7 Å². The Morgan fingerprint density at radius 2 is 2.29 bits per heavy atom. The van der Waals surface area contributed by atoms with Gasteiger partial charge in [-0.15, -0.1) is 0 Å². The topological polar surface area (TPSA) is 72.9 Å². The summed E-state index contributed by atoms with van der Waals surface area (Å²) < 4.78 is 2.01. The van der Waals surface area contributed by atoms with Crippen LogP contribution in [0.3, 0.4) is 0 Å². The number of hydrogen-bond donors (Lipinski definition) is 2. The highest BCUT2D eigenvalue weighted by molar-refractivity contribution is 5.85. The Bertz CT molecular complexity index is 436. The van der Waals surface area contributed by atoms with E-state index in [1.165, 1.54) is 0 Å². The van der Waals surface area contributed by atoms with Crippen LogP contribution in [0.4, 0.5) is 0 Å². The first-order valence-corrected chi connectivity index (χ1v) is 5.98. The highest BCUT2D eigenvalue weighted by Crippen LogP contribution is 2.40. The maximum Gasteiger partial charge on any atom is 0.239 e. The van der Waals surface area contributed by atoms with Gasteiger partial charge in [0.05, 0.1) is 18.6 Å². The Morgan fingerprint density at radius 1 is 1.65 bits per heavy atom. The molecule has 0 saturated heterocycles. The van der Waals surface area contributed by atoms with Crippen LogP contribution in [-0.2, 0) is 11.3 Å². The number of rotatable bonds is 5. The molecule has 3 N–H and O–H groups in total. The Labute approximate surface area is 101 Å². The molecular weight excluding hydrogens is 216 g/mol. The minimum Gasteiger partial charge on any atom is -0.368 e. The molecule has 1 unspecified atom stereocenters. The van der Waals surface area contributed by atoms with E-state index in [2.05, 4.69) is 10.3 Å². The molecule has 1 fully saturated rings. The zero-order chi connectivity index (χ0) is 12.6. The van der Waals surface area contributed by atoms with Gasteiger partial charge in [-0.1, -0.05) is 0 Å². The molecule has 5 heteroatoms. The van der Waals surface area contributed by atoms with Crippen molar-refractivity contribution in [3.63, 3.8) is 0 Å². The van der Waals surface area contributed by atoms with E-state index in [1.54, 1.807) is 6.33 Å². The minimum absolute atomic E-state index is 0.270. The van der Waals surface area contributed by atoms with Crippen molar-refractivity contribution in [3.8, 4) is 0 Å². The first kappa shape index (κ1) is 12.1. The average molecular weight is 236 g/mol. The predicted molar refractivity (Wildman–Crippen MR) is 65.4 cm³/mol. The van der Waals surface area contributed by atoms with Gasteiger partial charge in [0, 0.05) is 5.69 Å². The van der Waals surface area contributed by atoms with Crippen LogP contribution in [0.15, 0.2) is 6.33 Å². The third-order valence-electron chi connectivity index (χ3n) is 3.93. The van der Waals surface area contributed by atoms with E-state index in [0.717, 1.165) is 24.2 Å². The lowest BCUT2D eigenvalue weighted by molar-refractivity contribution is -0.125. The van der Waals surface area contributed by atoms with Crippen LogP contribution in [0.2, 0.25) is 0 Å². The fourth-order valence-corrected chi connectivity index (χ4v) is 2.36. The third kappa shape index (κ3) is 1.95. The van der Waals surface area contributed by atoms with Crippen LogP contribution in [0.1, 0.15) is 24.2 Å². The van der Waals surface area contributed by atoms with E-state index in [-0.39, 0.29) is 5.91 Å². The van der Waals surface area contributed by atoms with E-state index in [9.17, 15) is 4.79 Å². The third-order valence-corrected chi connectivity index (χ3v) is 3.93. The second-order valence-electron chi connectivity index (χ2n) is 4.90. The monoisotopic (exact) mass is 236 g/mol. The highest BCUT2D eigenvalue weighted by Gasteiger charge is 2.49. The molecule has 1 aromatic rings. The highest BCUT2D eigenvalue weighted by atomic mass is 16.1. The Morgan fingerprint density at radius 3 is 2.65 bits per heavy atom. The molecule has 17 heavy (non-hydrogen) atoms. The molecule has 0 spiro atoms. The van der Waals surface area contributed by atoms with Gasteiger partial charge in [0.1, 0.15) is 5.54 Å². The molecule has 1 atom stereocenters. The number of nitrogens with one attached hydrogen (secondary N) is 1. The molecule has 0 bridgehead atoms. The number of nitrogens with two attached hydrogens (primary N) is 1. The quantitative estimate of drug-likeness (QED) is 0.775. The van der Waals surface area contributed by atoms with Crippen LogP contribution in [0.25, 0.3) is 0 Å². The Hall–Kier alpha value is -1.36. The summed E-state index contributed by atoms with van der Waals surface area (Å²) in [5, 5.41) is 3.14. The number of nitrogens with zero attached hydrogens (tertiary/aromatic N) is 2. The molecule has 0 aliphatic heterocycles. The van der Waals surface area contributed by atoms with Crippen molar-refractivity contribution in [1.29, 1.82) is 0 Å². The smallest absolute Gasteiger partial charge is 0.239 e. The summed E-state index contributed by atoms with van der Waals surface area (Å²) in [4.78, 5) is 16.0. The molecule has 1 aromatic heterocycles. The van der Waals surface area contributed by atoms with E-state index >= 15 is 0 Å². The largest absolute Gasteiger partial charge is 0.368 e. The van der Waals surface area contributed by atoms with Crippen molar-refractivity contribution in [3.05, 3.63) is 17.7 Å². The molecule has 1 aliphatic carbocycles. The molecule has 0 aromatic carbocycles. The lowest BCUT2D eigenvalue weighted by Gasteiger charge is -2.31. The van der Waals surface area contributed by atoms with E-state index in [0.29, 0.717) is 12.5 Å². The number of imidazole rings is 1. The van der Waals surface area contributed by atoms with Crippen LogP contribution in [0.5, 0.6) is 0 Å². The fourth-order valence-electron chi connectivity index (χ4n) is 2.36. The van der Waals surface area contributed by atoms with Gasteiger partial charge >= 0.3 is 0 Å². The minimum atomic E-state index is -0.627. The summed E-state index contributed by atoms with van der Waals surface area (Å²) in [5.41, 5.74) is 7.05. The summed E-state index contributed by atoms with van der Waals surface area (Å²) >= 11 is 0. The molecule has 1 amide bonds. The average Bonchev–Trinajstić information content (AvgIpc) is 3.08. The zero-order valence-corrected chi connectivity index (χ0v) is 10.7. The van der Waals surface area contributed by atoms with Crippen LogP contribution >= 0.6 is 0 Å². The summed E-state index contributed by atoms with van der Waals surface area (Å²) in [6.45, 7) is 4.54. The van der Waals surface area contributed by atoms with Crippen molar-refractivity contribution >= 4 is 5.91 Å². The van der Waals surface area contributed by atoms with Crippen LogP contribution in [0, 0.1) is 19.8 Å². The summed E-state index contributed by atoms with van der Waals surface area (Å²) in [7, 11) is 1.81. The standard InChI is InChI=1S/C12H20N4O/c1-8-9(2)16(7-15-8)6-12(14-3,11(13)17)10-4-5-10/h7,10,14H,4-6H2,1-3H3,(H2,13,17). The zero-order valence-electron chi connectivity index (χ0n) is 10.7. The van der Waals surface area contributed by atoms with Gasteiger partial charge in [0.25, 0.3) is 0 Å². The molecule has 2 rings (SSSR count). The van der Waals surface area contributed by atoms with Crippen molar-refractivity contribution in [2.75, 3.05) is 7.05 Å². The Kier molecular flexibility index (Phi) is 2.95. The summed E-state index contributed by atoms with van der Waals surface area (Å²) in [6, 6.07) is 0. The van der Waals surface area contributed by atoms with Crippen LogP contribution in [-0.4, -0.2) is 28.0 Å². The second-order valence-corrected chi connectivity index (χ2v) is 4.90. The number of amides is 1. The van der Waals surface area contributed by atoms with Crippen molar-refractivity contribution < 1.29 is 4.79 Å². The molecule has 1 heterocycles. The van der Waals surface area contributed by atoms with Crippen molar-refractivity contribution in [1.82, 2.24) is 14.9 Å². The normalized spacial score (nSPS) is 19.0. The number of aromatic nitrogens is 2. The van der Waals surface area contributed by atoms with E-state index < -0.39 is 5.54 Å². The van der Waals surface area contributed by atoms with Crippen LogP contribution < -0.4 is 11.1 Å². The number of hydrogen-bond acceptors (Lipinski definition) is 3. The molecule has 0 radical (unpaired) electrons. The SMILES string of the molecule is CNC(Cn1cnc(C)c1C)(C(N)=O)C1CC1. The summed E-state index contributed by atoms with van der Waals surface area (Å²) in [5.74, 6) is 0.0837. The molecular formula is C12H20N4O. The first-order chi connectivity index (χ1) is 8.01. The predicted octanol–water partition coefficient (Wildman–Crippen LogP) is 0.353. The Balaban J connectivity index is 2.29. The lowest BCUT2D eigenvalue weighted by Crippen LogP contribution is -2.58. The number of carbonyl (C=O) groups excluding carboxylic acids is 1.